The van der Waals surface area contributed by atoms with Crippen LogP contribution in [0.3, 0.4) is 0 Å². The summed E-state index contributed by atoms with van der Waals surface area (Å²) >= 11 is 0. The Morgan fingerprint density at radius 3 is 2.29 bits per heavy atom. The van der Waals surface area contributed by atoms with Crippen LogP contribution in [-0.4, -0.2) is 25.8 Å². The van der Waals surface area contributed by atoms with Crippen LogP contribution in [0.1, 0.15) is 66.2 Å². The molecule has 0 radical (unpaired) electrons. The van der Waals surface area contributed by atoms with Crippen LogP contribution in [0.5, 0.6) is 0 Å². The van der Waals surface area contributed by atoms with E-state index in [0.717, 1.165) is 25.7 Å². The predicted octanol–water partition coefficient (Wildman–Crippen LogP) is 4.00. The second kappa shape index (κ2) is 12.4. The molecule has 2 heteroatoms. The van der Waals surface area contributed by atoms with Gasteiger partial charge in [-0.1, -0.05) is 33.6 Å². The second-order valence-corrected chi connectivity index (χ2v) is 5.31. The van der Waals surface area contributed by atoms with Crippen molar-refractivity contribution in [3.8, 4) is 0 Å². The third kappa shape index (κ3) is 12.2. The Morgan fingerprint density at radius 2 is 1.71 bits per heavy atom. The quantitative estimate of drug-likeness (QED) is 0.523. The molecule has 2 nitrogen and oxygen atoms in total. The first-order valence-corrected chi connectivity index (χ1v) is 7.51. The maximum atomic E-state index is 5.40. The van der Waals surface area contributed by atoms with E-state index in [9.17, 15) is 0 Å². The Labute approximate surface area is 109 Å². The third-order valence-electron chi connectivity index (χ3n) is 3.06. The lowest BCUT2D eigenvalue weighted by atomic mass is 10.0. The molecule has 17 heavy (non-hydrogen) atoms. The van der Waals surface area contributed by atoms with Gasteiger partial charge in [0.2, 0.25) is 0 Å². The maximum absolute atomic E-state index is 5.40. The van der Waals surface area contributed by atoms with Crippen LogP contribution < -0.4 is 5.32 Å². The van der Waals surface area contributed by atoms with E-state index in [2.05, 4.69) is 33.0 Å². The van der Waals surface area contributed by atoms with E-state index >= 15 is 0 Å². The summed E-state index contributed by atoms with van der Waals surface area (Å²) in [6.45, 7) is 11.8. The van der Waals surface area contributed by atoms with Gasteiger partial charge in [-0.2, -0.15) is 0 Å². The van der Waals surface area contributed by atoms with Gasteiger partial charge in [0.1, 0.15) is 0 Å². The molecule has 0 amide bonds. The number of nitrogens with one attached hydrogen (secondary N) is 1. The molecule has 0 aliphatic rings. The van der Waals surface area contributed by atoms with Gasteiger partial charge < -0.3 is 10.1 Å². The molecule has 0 aliphatic heterocycles. The highest BCUT2D eigenvalue weighted by atomic mass is 16.5. The highest BCUT2D eigenvalue weighted by molar-refractivity contribution is 4.67. The van der Waals surface area contributed by atoms with Crippen molar-refractivity contribution in [3.05, 3.63) is 0 Å². The molecular formula is C15H33NO. The SMILES string of the molecule is CCCNC(CCCOCC)CCCC(C)C. The van der Waals surface area contributed by atoms with Crippen LogP contribution in [-0.2, 0) is 4.74 Å². The summed E-state index contributed by atoms with van der Waals surface area (Å²) < 4.78 is 5.40. The highest BCUT2D eigenvalue weighted by Gasteiger charge is 2.07. The van der Waals surface area contributed by atoms with E-state index in [-0.39, 0.29) is 0 Å². The highest BCUT2D eigenvalue weighted by Crippen LogP contribution is 2.11. The van der Waals surface area contributed by atoms with Gasteiger partial charge in [0.15, 0.2) is 0 Å². The lowest BCUT2D eigenvalue weighted by Gasteiger charge is -2.19. The fourth-order valence-corrected chi connectivity index (χ4v) is 2.05. The number of ether oxygens (including phenoxy) is 1. The summed E-state index contributed by atoms with van der Waals surface area (Å²) in [5.74, 6) is 0.838. The van der Waals surface area contributed by atoms with Gasteiger partial charge in [-0.05, 0) is 45.1 Å². The van der Waals surface area contributed by atoms with Crippen molar-refractivity contribution < 1.29 is 4.74 Å². The van der Waals surface area contributed by atoms with Gasteiger partial charge in [0, 0.05) is 19.3 Å². The summed E-state index contributed by atoms with van der Waals surface area (Å²) in [7, 11) is 0. The minimum Gasteiger partial charge on any atom is -0.382 e. The van der Waals surface area contributed by atoms with Crippen LogP contribution in [0.2, 0.25) is 0 Å². The molecule has 1 N–H and O–H groups in total. The molecule has 0 fully saturated rings. The summed E-state index contributed by atoms with van der Waals surface area (Å²) in [4.78, 5) is 0. The van der Waals surface area contributed by atoms with E-state index in [4.69, 9.17) is 4.74 Å². The molecule has 0 aromatic carbocycles. The van der Waals surface area contributed by atoms with Crippen LogP contribution in [0.15, 0.2) is 0 Å². The Morgan fingerprint density at radius 1 is 1.00 bits per heavy atom. The average molecular weight is 243 g/mol. The summed E-state index contributed by atoms with van der Waals surface area (Å²) in [5, 5.41) is 3.66. The smallest absolute Gasteiger partial charge is 0.0466 e. The van der Waals surface area contributed by atoms with Crippen molar-refractivity contribution in [1.82, 2.24) is 5.32 Å². The molecule has 0 heterocycles. The van der Waals surface area contributed by atoms with Crippen molar-refractivity contribution in [2.45, 2.75) is 72.3 Å². The molecule has 0 aromatic heterocycles. The predicted molar refractivity (Wildman–Crippen MR) is 76.5 cm³/mol. The largest absolute Gasteiger partial charge is 0.382 e. The summed E-state index contributed by atoms with van der Waals surface area (Å²) in [5.41, 5.74) is 0. The monoisotopic (exact) mass is 243 g/mol. The lowest BCUT2D eigenvalue weighted by Crippen LogP contribution is -2.30. The van der Waals surface area contributed by atoms with Crippen molar-refractivity contribution in [2.75, 3.05) is 19.8 Å². The first kappa shape index (κ1) is 16.9. The zero-order chi connectivity index (χ0) is 12.9. The molecule has 1 unspecified atom stereocenters. The van der Waals surface area contributed by atoms with Crippen LogP contribution in [0.25, 0.3) is 0 Å². The molecule has 0 saturated carbocycles. The third-order valence-corrected chi connectivity index (χ3v) is 3.06. The lowest BCUT2D eigenvalue weighted by molar-refractivity contribution is 0.140. The van der Waals surface area contributed by atoms with Gasteiger partial charge in [-0.3, -0.25) is 0 Å². The van der Waals surface area contributed by atoms with Gasteiger partial charge in [-0.15, -0.1) is 0 Å². The van der Waals surface area contributed by atoms with Crippen molar-refractivity contribution in [3.63, 3.8) is 0 Å². The summed E-state index contributed by atoms with van der Waals surface area (Å²) in [6.07, 6.45) is 7.72. The fourth-order valence-electron chi connectivity index (χ4n) is 2.05. The zero-order valence-corrected chi connectivity index (χ0v) is 12.4. The van der Waals surface area contributed by atoms with Crippen molar-refractivity contribution in [1.29, 1.82) is 0 Å². The first-order valence-electron chi connectivity index (χ1n) is 7.51. The molecule has 0 spiro atoms. The van der Waals surface area contributed by atoms with Crippen molar-refractivity contribution in [2.24, 2.45) is 5.92 Å². The van der Waals surface area contributed by atoms with E-state index in [1.807, 2.05) is 0 Å². The van der Waals surface area contributed by atoms with Gasteiger partial charge in [0.05, 0.1) is 0 Å². The molecule has 0 rings (SSSR count). The first-order chi connectivity index (χ1) is 8.20. The molecule has 0 aliphatic carbocycles. The average Bonchev–Trinajstić information content (AvgIpc) is 2.30. The number of hydrogen-bond donors (Lipinski definition) is 1. The fraction of sp³-hybridized carbons (Fsp3) is 1.00. The van der Waals surface area contributed by atoms with Gasteiger partial charge in [-0.25, -0.2) is 0 Å². The topological polar surface area (TPSA) is 21.3 Å². The summed E-state index contributed by atoms with van der Waals surface area (Å²) in [6, 6.07) is 0.703. The van der Waals surface area contributed by atoms with Crippen LogP contribution >= 0.6 is 0 Å². The van der Waals surface area contributed by atoms with Gasteiger partial charge in [0.25, 0.3) is 0 Å². The molecule has 0 aromatic rings. The second-order valence-electron chi connectivity index (χ2n) is 5.31. The van der Waals surface area contributed by atoms with Crippen LogP contribution in [0, 0.1) is 5.92 Å². The molecular weight excluding hydrogens is 210 g/mol. The Kier molecular flexibility index (Phi) is 12.3. The molecule has 104 valence electrons. The van der Waals surface area contributed by atoms with Gasteiger partial charge >= 0.3 is 0 Å². The van der Waals surface area contributed by atoms with E-state index in [1.54, 1.807) is 0 Å². The number of hydrogen-bond acceptors (Lipinski definition) is 2. The Hall–Kier alpha value is -0.0800. The van der Waals surface area contributed by atoms with E-state index < -0.39 is 0 Å². The van der Waals surface area contributed by atoms with E-state index in [0.29, 0.717) is 6.04 Å². The molecule has 0 bridgehead atoms. The minimum absolute atomic E-state index is 0.703. The maximum Gasteiger partial charge on any atom is 0.0466 e. The Bertz CT molecular complexity index is 148. The molecule has 0 saturated heterocycles. The number of rotatable bonds is 12. The van der Waals surface area contributed by atoms with E-state index in [1.165, 1.54) is 38.5 Å². The molecule has 1 atom stereocenters. The van der Waals surface area contributed by atoms with Crippen LogP contribution in [0.4, 0.5) is 0 Å². The minimum atomic E-state index is 0.703. The zero-order valence-electron chi connectivity index (χ0n) is 12.4. The Balaban J connectivity index is 3.63. The standard InChI is InChI=1S/C15H33NO/c1-5-12-16-15(10-7-9-14(3)4)11-8-13-17-6-2/h14-16H,5-13H2,1-4H3. The van der Waals surface area contributed by atoms with Crippen molar-refractivity contribution >= 4 is 0 Å². The normalized spacial score (nSPS) is 13.2.